The van der Waals surface area contributed by atoms with Crippen molar-refractivity contribution in [2.45, 2.75) is 19.9 Å². The largest absolute Gasteiger partial charge is 0.366 e. The molecule has 118 valence electrons. The van der Waals surface area contributed by atoms with E-state index in [-0.39, 0.29) is 5.91 Å². The summed E-state index contributed by atoms with van der Waals surface area (Å²) in [6.45, 7) is 3.72. The molecule has 0 fully saturated rings. The molecule has 2 aromatic carbocycles. The summed E-state index contributed by atoms with van der Waals surface area (Å²) in [5.41, 5.74) is 10.7. The molecule has 0 aliphatic carbocycles. The number of nitrogens with two attached hydrogens (primary N) is 1. The molecule has 0 radical (unpaired) electrons. The average Bonchev–Trinajstić information content (AvgIpc) is 2.96. The normalized spacial score (nSPS) is 11.0. The summed E-state index contributed by atoms with van der Waals surface area (Å²) < 4.78 is 0. The van der Waals surface area contributed by atoms with Crippen LogP contribution in [0.5, 0.6) is 0 Å². The van der Waals surface area contributed by atoms with E-state index >= 15 is 0 Å². The van der Waals surface area contributed by atoms with Crippen LogP contribution in [0.1, 0.15) is 27.0 Å². The van der Waals surface area contributed by atoms with E-state index in [1.54, 1.807) is 6.07 Å². The maximum Gasteiger partial charge on any atom is 0.248 e. The average molecular weight is 307 g/mol. The van der Waals surface area contributed by atoms with Crippen LogP contribution in [0, 0.1) is 6.92 Å². The Bertz CT molecular complexity index is 836. The zero-order valence-electron chi connectivity index (χ0n) is 13.2. The molecule has 4 nitrogen and oxygen atoms in total. The molecule has 1 heterocycles. The van der Waals surface area contributed by atoms with Crippen molar-refractivity contribution in [2.24, 2.45) is 5.73 Å². The Hall–Kier alpha value is -2.59. The van der Waals surface area contributed by atoms with Crippen LogP contribution in [0.3, 0.4) is 0 Å². The second kappa shape index (κ2) is 6.67. The first-order valence-corrected chi connectivity index (χ1v) is 7.80. The fourth-order valence-corrected chi connectivity index (χ4v) is 2.86. The zero-order valence-corrected chi connectivity index (χ0v) is 13.2. The number of benzene rings is 2. The summed E-state index contributed by atoms with van der Waals surface area (Å²) in [5.74, 6) is -0.388. The molecule has 0 aliphatic rings. The van der Waals surface area contributed by atoms with Gasteiger partial charge in [-0.15, -0.1) is 0 Å². The monoisotopic (exact) mass is 307 g/mol. The summed E-state index contributed by atoms with van der Waals surface area (Å²) in [4.78, 5) is 14.5. The van der Waals surface area contributed by atoms with Gasteiger partial charge in [-0.2, -0.15) is 0 Å². The van der Waals surface area contributed by atoms with Crippen molar-refractivity contribution in [3.05, 3.63) is 70.9 Å². The van der Waals surface area contributed by atoms with Crippen molar-refractivity contribution in [2.75, 3.05) is 6.54 Å². The number of hydrogen-bond acceptors (Lipinski definition) is 2. The lowest BCUT2D eigenvalue weighted by atomic mass is 10.1. The number of carbonyl (C=O) groups excluding carboxylic acids is 1. The van der Waals surface area contributed by atoms with Crippen molar-refractivity contribution < 1.29 is 4.79 Å². The molecule has 0 saturated heterocycles. The van der Waals surface area contributed by atoms with Gasteiger partial charge in [0.1, 0.15) is 0 Å². The minimum Gasteiger partial charge on any atom is -0.366 e. The maximum atomic E-state index is 11.2. The summed E-state index contributed by atoms with van der Waals surface area (Å²) in [5, 5.41) is 4.71. The van der Waals surface area contributed by atoms with E-state index in [4.69, 9.17) is 5.73 Å². The highest BCUT2D eigenvalue weighted by atomic mass is 16.1. The molecule has 0 aliphatic heterocycles. The summed E-state index contributed by atoms with van der Waals surface area (Å²) in [6.07, 6.45) is 3.05. The lowest BCUT2D eigenvalue weighted by molar-refractivity contribution is 0.1000. The summed E-state index contributed by atoms with van der Waals surface area (Å²) in [7, 11) is 0. The number of H-pyrrole nitrogens is 1. The first-order chi connectivity index (χ1) is 11.1. The molecule has 1 aromatic heterocycles. The van der Waals surface area contributed by atoms with Crippen molar-refractivity contribution in [1.82, 2.24) is 10.3 Å². The van der Waals surface area contributed by atoms with Crippen LogP contribution in [0.25, 0.3) is 10.9 Å². The third-order valence-corrected chi connectivity index (χ3v) is 4.12. The molecule has 4 heteroatoms. The first kappa shape index (κ1) is 15.3. The smallest absolute Gasteiger partial charge is 0.248 e. The molecule has 1 amide bonds. The Labute approximate surface area is 135 Å². The predicted molar refractivity (Wildman–Crippen MR) is 93.4 cm³/mol. The molecule has 3 aromatic rings. The van der Waals surface area contributed by atoms with Crippen molar-refractivity contribution in [3.63, 3.8) is 0 Å². The highest BCUT2D eigenvalue weighted by Crippen LogP contribution is 2.21. The topological polar surface area (TPSA) is 70.9 Å². The zero-order chi connectivity index (χ0) is 16.2. The summed E-state index contributed by atoms with van der Waals surface area (Å²) >= 11 is 0. The number of amides is 1. The number of rotatable bonds is 6. The molecule has 0 bridgehead atoms. The number of aromatic amines is 1. The molecule has 0 spiro atoms. The lowest BCUT2D eigenvalue weighted by Crippen LogP contribution is -2.17. The number of nitrogens with one attached hydrogen (secondary N) is 2. The lowest BCUT2D eigenvalue weighted by Gasteiger charge is -2.06. The van der Waals surface area contributed by atoms with E-state index in [2.05, 4.69) is 41.6 Å². The van der Waals surface area contributed by atoms with Crippen molar-refractivity contribution >= 4 is 16.8 Å². The Morgan fingerprint density at radius 2 is 2.04 bits per heavy atom. The van der Waals surface area contributed by atoms with Gasteiger partial charge in [0.25, 0.3) is 0 Å². The molecule has 23 heavy (non-hydrogen) atoms. The first-order valence-electron chi connectivity index (χ1n) is 7.80. The van der Waals surface area contributed by atoms with Gasteiger partial charge >= 0.3 is 0 Å². The highest BCUT2D eigenvalue weighted by Gasteiger charge is 2.05. The molecule has 0 unspecified atom stereocenters. The minimum atomic E-state index is -0.388. The van der Waals surface area contributed by atoms with Gasteiger partial charge in [0.2, 0.25) is 5.91 Å². The number of carbonyl (C=O) groups is 1. The highest BCUT2D eigenvalue weighted by molar-refractivity contribution is 5.92. The van der Waals surface area contributed by atoms with E-state index in [0.717, 1.165) is 25.1 Å². The number of primary amides is 1. The minimum absolute atomic E-state index is 0.388. The Kier molecular flexibility index (Phi) is 4.44. The quantitative estimate of drug-likeness (QED) is 0.613. The SMILES string of the molecule is Cc1cccc2c(CCNCc3cccc(C(N)=O)c3)c[nH]c12. The van der Waals surface area contributed by atoms with E-state index in [1.807, 2.05) is 18.2 Å². The standard InChI is InChI=1S/C19H21N3O/c1-13-4-2-7-17-16(12-22-18(13)17)8-9-21-11-14-5-3-6-15(10-14)19(20)23/h2-7,10,12,21-22H,8-9,11H2,1H3,(H2,20,23). The Balaban J connectivity index is 1.58. The number of para-hydroxylation sites is 1. The molecule has 3 rings (SSSR count). The Morgan fingerprint density at radius 1 is 1.22 bits per heavy atom. The van der Waals surface area contributed by atoms with Gasteiger partial charge in [-0.25, -0.2) is 0 Å². The van der Waals surface area contributed by atoms with Crippen LogP contribution in [0.15, 0.2) is 48.7 Å². The van der Waals surface area contributed by atoms with Gasteiger partial charge in [0.15, 0.2) is 0 Å². The van der Waals surface area contributed by atoms with Crippen molar-refractivity contribution in [3.8, 4) is 0 Å². The van der Waals surface area contributed by atoms with Crippen LogP contribution >= 0.6 is 0 Å². The van der Waals surface area contributed by atoms with E-state index in [1.165, 1.54) is 22.0 Å². The number of aryl methyl sites for hydroxylation is 1. The van der Waals surface area contributed by atoms with E-state index in [0.29, 0.717) is 5.56 Å². The number of hydrogen-bond donors (Lipinski definition) is 3. The van der Waals surface area contributed by atoms with Crippen LogP contribution in [0.2, 0.25) is 0 Å². The molecular weight excluding hydrogens is 286 g/mol. The second-order valence-electron chi connectivity index (χ2n) is 5.80. The maximum absolute atomic E-state index is 11.2. The van der Waals surface area contributed by atoms with Gasteiger partial charge < -0.3 is 16.0 Å². The number of fused-ring (bicyclic) bond motifs is 1. The van der Waals surface area contributed by atoms with Gasteiger partial charge in [0, 0.05) is 29.2 Å². The molecule has 0 saturated carbocycles. The number of aromatic nitrogens is 1. The predicted octanol–water partition coefficient (Wildman–Crippen LogP) is 2.91. The Morgan fingerprint density at radius 3 is 2.87 bits per heavy atom. The summed E-state index contributed by atoms with van der Waals surface area (Å²) in [6, 6.07) is 13.8. The molecule has 0 atom stereocenters. The third kappa shape index (κ3) is 3.43. The fourth-order valence-electron chi connectivity index (χ4n) is 2.86. The van der Waals surface area contributed by atoms with Crippen LogP contribution in [-0.4, -0.2) is 17.4 Å². The molecular formula is C19H21N3O. The van der Waals surface area contributed by atoms with Gasteiger partial charge in [-0.05, 0) is 48.7 Å². The molecule has 4 N–H and O–H groups in total. The van der Waals surface area contributed by atoms with Crippen LogP contribution in [0.4, 0.5) is 0 Å². The third-order valence-electron chi connectivity index (χ3n) is 4.12. The van der Waals surface area contributed by atoms with E-state index in [9.17, 15) is 4.79 Å². The second-order valence-corrected chi connectivity index (χ2v) is 5.80. The van der Waals surface area contributed by atoms with Crippen molar-refractivity contribution in [1.29, 1.82) is 0 Å². The van der Waals surface area contributed by atoms with Gasteiger partial charge in [-0.3, -0.25) is 4.79 Å². The van der Waals surface area contributed by atoms with E-state index < -0.39 is 0 Å². The van der Waals surface area contributed by atoms with Crippen LogP contribution < -0.4 is 11.1 Å². The van der Waals surface area contributed by atoms with Gasteiger partial charge in [0.05, 0.1) is 0 Å². The van der Waals surface area contributed by atoms with Crippen LogP contribution in [-0.2, 0) is 13.0 Å². The van der Waals surface area contributed by atoms with Gasteiger partial charge in [-0.1, -0.05) is 30.3 Å². The fraction of sp³-hybridized carbons (Fsp3) is 0.211.